The van der Waals surface area contributed by atoms with Gasteiger partial charge in [0.1, 0.15) is 0 Å². The standard InChI is InChI=1S/C18H26N2O3/c1-14-12-23-13-15(2)20(14)18(21)17-5-3-4-16(10-17)11-19-6-8-22-9-7-19/h3-5,10,14-15H,6-9,11-13H2,1-2H3/t14-,15+. The molecule has 2 aliphatic rings. The predicted octanol–water partition coefficient (Wildman–Crippen LogP) is 1.77. The first kappa shape index (κ1) is 16.4. The first-order valence-electron chi connectivity index (χ1n) is 8.44. The van der Waals surface area contributed by atoms with Crippen LogP contribution in [0.3, 0.4) is 0 Å². The van der Waals surface area contributed by atoms with E-state index in [1.165, 1.54) is 5.56 Å². The number of benzene rings is 1. The number of hydrogen-bond donors (Lipinski definition) is 0. The van der Waals surface area contributed by atoms with Gasteiger partial charge in [0.25, 0.3) is 5.91 Å². The van der Waals surface area contributed by atoms with E-state index in [1.54, 1.807) is 0 Å². The Hall–Kier alpha value is -1.43. The Morgan fingerprint density at radius 1 is 1.13 bits per heavy atom. The van der Waals surface area contributed by atoms with Gasteiger partial charge in [-0.05, 0) is 31.5 Å². The van der Waals surface area contributed by atoms with Crippen LogP contribution in [-0.4, -0.2) is 67.3 Å². The van der Waals surface area contributed by atoms with Gasteiger partial charge >= 0.3 is 0 Å². The molecule has 0 bridgehead atoms. The van der Waals surface area contributed by atoms with Gasteiger partial charge in [-0.15, -0.1) is 0 Å². The summed E-state index contributed by atoms with van der Waals surface area (Å²) in [7, 11) is 0. The number of hydrogen-bond acceptors (Lipinski definition) is 4. The van der Waals surface area contributed by atoms with Gasteiger partial charge in [0, 0.05) is 25.2 Å². The molecular weight excluding hydrogens is 292 g/mol. The lowest BCUT2D eigenvalue weighted by Crippen LogP contribution is -2.52. The van der Waals surface area contributed by atoms with Crippen LogP contribution >= 0.6 is 0 Å². The minimum atomic E-state index is 0.108. The summed E-state index contributed by atoms with van der Waals surface area (Å²) in [4.78, 5) is 17.2. The van der Waals surface area contributed by atoms with Crippen molar-refractivity contribution in [3.8, 4) is 0 Å². The molecule has 5 heteroatoms. The fraction of sp³-hybridized carbons (Fsp3) is 0.611. The van der Waals surface area contributed by atoms with Crippen molar-refractivity contribution >= 4 is 5.91 Å². The summed E-state index contributed by atoms with van der Waals surface area (Å²) in [5.74, 6) is 0.108. The molecular formula is C18H26N2O3. The Balaban J connectivity index is 1.71. The van der Waals surface area contributed by atoms with Crippen molar-refractivity contribution in [2.24, 2.45) is 0 Å². The number of rotatable bonds is 3. The second-order valence-corrected chi connectivity index (χ2v) is 6.54. The van der Waals surface area contributed by atoms with E-state index >= 15 is 0 Å². The molecule has 2 heterocycles. The molecule has 3 rings (SSSR count). The molecule has 5 nitrogen and oxygen atoms in total. The maximum absolute atomic E-state index is 12.9. The summed E-state index contributed by atoms with van der Waals surface area (Å²) in [6, 6.07) is 8.27. The van der Waals surface area contributed by atoms with Gasteiger partial charge in [0.05, 0.1) is 38.5 Å². The van der Waals surface area contributed by atoms with Crippen LogP contribution in [-0.2, 0) is 16.0 Å². The van der Waals surface area contributed by atoms with Crippen molar-refractivity contribution < 1.29 is 14.3 Å². The number of ether oxygens (including phenoxy) is 2. The van der Waals surface area contributed by atoms with Crippen LogP contribution in [0, 0.1) is 0 Å². The normalized spacial score (nSPS) is 26.3. The molecule has 0 aliphatic carbocycles. The van der Waals surface area contributed by atoms with Crippen molar-refractivity contribution in [3.05, 3.63) is 35.4 Å². The average Bonchev–Trinajstić information content (AvgIpc) is 2.56. The fourth-order valence-corrected chi connectivity index (χ4v) is 3.37. The zero-order valence-electron chi connectivity index (χ0n) is 14.0. The molecule has 1 amide bonds. The summed E-state index contributed by atoms with van der Waals surface area (Å²) in [6.45, 7) is 9.69. The second-order valence-electron chi connectivity index (χ2n) is 6.54. The topological polar surface area (TPSA) is 42.0 Å². The number of carbonyl (C=O) groups is 1. The summed E-state index contributed by atoms with van der Waals surface area (Å²) < 4.78 is 10.9. The van der Waals surface area contributed by atoms with Crippen molar-refractivity contribution in [3.63, 3.8) is 0 Å². The molecule has 2 aliphatic heterocycles. The van der Waals surface area contributed by atoms with E-state index in [9.17, 15) is 4.79 Å². The highest BCUT2D eigenvalue weighted by atomic mass is 16.5. The molecule has 126 valence electrons. The molecule has 23 heavy (non-hydrogen) atoms. The Labute approximate surface area is 138 Å². The molecule has 2 fully saturated rings. The molecule has 0 radical (unpaired) electrons. The second kappa shape index (κ2) is 7.43. The largest absolute Gasteiger partial charge is 0.379 e. The molecule has 2 atom stereocenters. The van der Waals surface area contributed by atoms with Crippen LogP contribution in [0.1, 0.15) is 29.8 Å². The molecule has 0 spiro atoms. The average molecular weight is 318 g/mol. The van der Waals surface area contributed by atoms with E-state index in [2.05, 4.69) is 11.0 Å². The van der Waals surface area contributed by atoms with Crippen LogP contribution in [0.4, 0.5) is 0 Å². The summed E-state index contributed by atoms with van der Waals surface area (Å²) in [5.41, 5.74) is 1.96. The van der Waals surface area contributed by atoms with Gasteiger partial charge < -0.3 is 14.4 Å². The Morgan fingerprint density at radius 2 is 1.83 bits per heavy atom. The van der Waals surface area contributed by atoms with Crippen LogP contribution in [0.15, 0.2) is 24.3 Å². The van der Waals surface area contributed by atoms with E-state index in [1.807, 2.05) is 36.9 Å². The monoisotopic (exact) mass is 318 g/mol. The zero-order chi connectivity index (χ0) is 16.2. The molecule has 1 aromatic carbocycles. The fourth-order valence-electron chi connectivity index (χ4n) is 3.37. The molecule has 0 saturated carbocycles. The van der Waals surface area contributed by atoms with Crippen molar-refractivity contribution in [1.82, 2.24) is 9.80 Å². The van der Waals surface area contributed by atoms with E-state index in [-0.39, 0.29) is 18.0 Å². The summed E-state index contributed by atoms with van der Waals surface area (Å²) in [6.07, 6.45) is 0. The van der Waals surface area contributed by atoms with Crippen molar-refractivity contribution in [1.29, 1.82) is 0 Å². The first-order chi connectivity index (χ1) is 11.1. The number of amides is 1. The lowest BCUT2D eigenvalue weighted by atomic mass is 10.1. The van der Waals surface area contributed by atoms with E-state index in [0.717, 1.165) is 38.4 Å². The predicted molar refractivity (Wildman–Crippen MR) is 88.5 cm³/mol. The van der Waals surface area contributed by atoms with Gasteiger partial charge in [-0.3, -0.25) is 9.69 Å². The Kier molecular flexibility index (Phi) is 5.30. The maximum atomic E-state index is 12.9. The summed E-state index contributed by atoms with van der Waals surface area (Å²) >= 11 is 0. The highest BCUT2D eigenvalue weighted by Gasteiger charge is 2.30. The van der Waals surface area contributed by atoms with Crippen LogP contribution in [0.25, 0.3) is 0 Å². The van der Waals surface area contributed by atoms with Gasteiger partial charge in [0.2, 0.25) is 0 Å². The third-order valence-electron chi connectivity index (χ3n) is 4.59. The minimum Gasteiger partial charge on any atom is -0.379 e. The third-order valence-corrected chi connectivity index (χ3v) is 4.59. The maximum Gasteiger partial charge on any atom is 0.254 e. The van der Waals surface area contributed by atoms with Crippen molar-refractivity contribution in [2.45, 2.75) is 32.5 Å². The first-order valence-corrected chi connectivity index (χ1v) is 8.44. The SMILES string of the molecule is C[C@@H]1COC[C@H](C)N1C(=O)c1cccc(CN2CCOCC2)c1. The van der Waals surface area contributed by atoms with Crippen LogP contribution in [0.5, 0.6) is 0 Å². The quantitative estimate of drug-likeness (QED) is 0.852. The Bertz CT molecular complexity index is 533. The number of morpholine rings is 2. The van der Waals surface area contributed by atoms with Gasteiger partial charge in [-0.1, -0.05) is 12.1 Å². The van der Waals surface area contributed by atoms with Gasteiger partial charge in [-0.25, -0.2) is 0 Å². The van der Waals surface area contributed by atoms with Gasteiger partial charge in [-0.2, -0.15) is 0 Å². The van der Waals surface area contributed by atoms with E-state index in [0.29, 0.717) is 13.2 Å². The molecule has 0 aromatic heterocycles. The van der Waals surface area contributed by atoms with E-state index in [4.69, 9.17) is 9.47 Å². The Morgan fingerprint density at radius 3 is 2.52 bits per heavy atom. The zero-order valence-corrected chi connectivity index (χ0v) is 14.0. The number of carbonyl (C=O) groups excluding carboxylic acids is 1. The summed E-state index contributed by atoms with van der Waals surface area (Å²) in [5, 5.41) is 0. The lowest BCUT2D eigenvalue weighted by molar-refractivity contribution is -0.0249. The molecule has 0 unspecified atom stereocenters. The highest BCUT2D eigenvalue weighted by Crippen LogP contribution is 2.18. The molecule has 1 aromatic rings. The van der Waals surface area contributed by atoms with Crippen molar-refractivity contribution in [2.75, 3.05) is 39.5 Å². The van der Waals surface area contributed by atoms with Gasteiger partial charge in [0.15, 0.2) is 0 Å². The molecule has 2 saturated heterocycles. The van der Waals surface area contributed by atoms with Crippen LogP contribution in [0.2, 0.25) is 0 Å². The van der Waals surface area contributed by atoms with E-state index < -0.39 is 0 Å². The lowest BCUT2D eigenvalue weighted by Gasteiger charge is -2.39. The highest BCUT2D eigenvalue weighted by molar-refractivity contribution is 5.94. The van der Waals surface area contributed by atoms with Crippen LogP contribution < -0.4 is 0 Å². The number of nitrogens with zero attached hydrogens (tertiary/aromatic N) is 2. The third kappa shape index (κ3) is 3.91. The minimum absolute atomic E-state index is 0.108. The smallest absolute Gasteiger partial charge is 0.254 e. The molecule has 0 N–H and O–H groups in total.